The van der Waals surface area contributed by atoms with Gasteiger partial charge in [0.05, 0.1) is 34.7 Å². The summed E-state index contributed by atoms with van der Waals surface area (Å²) in [6.07, 6.45) is 2.55. The normalized spacial score (nSPS) is 12.5. The fourth-order valence-corrected chi connectivity index (χ4v) is 5.39. The first-order chi connectivity index (χ1) is 23.2. The Morgan fingerprint density at radius 2 is 1.16 bits per heavy atom. The monoisotopic (exact) mass is 808 g/mol. The summed E-state index contributed by atoms with van der Waals surface area (Å²) in [4.78, 5) is 34.8. The van der Waals surface area contributed by atoms with Crippen molar-refractivity contribution in [2.45, 2.75) is 59.2 Å². The lowest BCUT2D eigenvalue weighted by Gasteiger charge is -2.25. The van der Waals surface area contributed by atoms with Crippen LogP contribution in [0.2, 0.25) is 0 Å². The van der Waals surface area contributed by atoms with Crippen LogP contribution in [0.3, 0.4) is 0 Å². The molecule has 0 radical (unpaired) electrons. The Morgan fingerprint density at radius 1 is 0.714 bits per heavy atom. The zero-order valence-corrected chi connectivity index (χ0v) is 30.1. The first-order valence-electron chi connectivity index (χ1n) is 15.2. The summed E-state index contributed by atoms with van der Waals surface area (Å²) in [5.74, 6) is -5.61. The molecule has 1 fully saturated rings. The maximum atomic E-state index is 14.3. The van der Waals surface area contributed by atoms with E-state index in [-0.39, 0.29) is 34.7 Å². The molecule has 4 aromatic carbocycles. The summed E-state index contributed by atoms with van der Waals surface area (Å²) in [5, 5.41) is 5.61. The molecule has 0 saturated heterocycles. The molecule has 8 nitrogen and oxygen atoms in total. The van der Waals surface area contributed by atoms with Gasteiger partial charge in [-0.3, -0.25) is 19.3 Å². The van der Waals surface area contributed by atoms with Crippen LogP contribution in [-0.4, -0.2) is 24.0 Å². The number of aryl methyl sites for hydroxylation is 2. The van der Waals surface area contributed by atoms with Crippen molar-refractivity contribution in [3.8, 4) is 0 Å². The van der Waals surface area contributed by atoms with Crippen molar-refractivity contribution in [1.29, 1.82) is 0 Å². The van der Waals surface area contributed by atoms with Crippen LogP contribution in [0, 0.1) is 37.1 Å². The number of hydrogen-bond donors (Lipinski definition) is 4. The minimum absolute atomic E-state index is 0.0145. The van der Waals surface area contributed by atoms with Crippen LogP contribution in [0.15, 0.2) is 69.6 Å². The summed E-state index contributed by atoms with van der Waals surface area (Å²) < 4.78 is 57.6. The topological polar surface area (TPSA) is 101 Å². The average Bonchev–Trinajstić information content (AvgIpc) is 3.02. The molecular formula is C35H34Br2F4N4O4. The highest BCUT2D eigenvalue weighted by molar-refractivity contribution is 9.10. The standard InChI is InChI=1S/C18H17BrF2N2O2.C17H17BrF2N2O2/c1-10-9-11(19)5-8-15(10)22-17-13(6-7-14(20)16(17)21)18(24)23-25-12-3-2-4-12;1-9(2)24-22-17(23)12-5-6-13(19)15(20)16(12)21-14-7-4-11(18)8-10(14)3/h5-9,12,22H,2-4H2,1H3,(H,23,24);4-9,21H,1-3H3,(H,22,23). The van der Waals surface area contributed by atoms with Gasteiger partial charge in [-0.1, -0.05) is 31.9 Å². The maximum absolute atomic E-state index is 14.3. The Balaban J connectivity index is 0.000000221. The highest BCUT2D eigenvalue weighted by atomic mass is 79.9. The predicted molar refractivity (Wildman–Crippen MR) is 187 cm³/mol. The van der Waals surface area contributed by atoms with Crippen molar-refractivity contribution in [3.63, 3.8) is 0 Å². The highest BCUT2D eigenvalue weighted by Crippen LogP contribution is 2.31. The molecule has 1 aliphatic rings. The molecule has 4 aromatic rings. The number of anilines is 4. The molecule has 260 valence electrons. The number of carbonyl (C=O) groups is 2. The van der Waals surface area contributed by atoms with Crippen LogP contribution < -0.4 is 21.6 Å². The number of halogens is 6. The molecule has 0 heterocycles. The lowest BCUT2D eigenvalue weighted by Crippen LogP contribution is -2.33. The number of hydrogen-bond acceptors (Lipinski definition) is 6. The van der Waals surface area contributed by atoms with E-state index in [1.54, 1.807) is 38.1 Å². The van der Waals surface area contributed by atoms with Crippen molar-refractivity contribution in [3.05, 3.63) is 115 Å². The van der Waals surface area contributed by atoms with Gasteiger partial charge in [-0.05, 0) is 119 Å². The summed E-state index contributed by atoms with van der Waals surface area (Å²) in [6, 6.07) is 14.9. The number of amides is 2. The molecule has 1 saturated carbocycles. The third kappa shape index (κ3) is 10.0. The van der Waals surface area contributed by atoms with Crippen molar-refractivity contribution >= 4 is 66.4 Å². The van der Waals surface area contributed by atoms with E-state index in [9.17, 15) is 27.2 Å². The van der Waals surface area contributed by atoms with Gasteiger partial charge in [0.1, 0.15) is 0 Å². The number of benzene rings is 4. The molecule has 0 bridgehead atoms. The van der Waals surface area contributed by atoms with Gasteiger partial charge in [0.15, 0.2) is 23.3 Å². The molecule has 0 atom stereocenters. The fraction of sp³-hybridized carbons (Fsp3) is 0.257. The fourth-order valence-electron chi connectivity index (χ4n) is 4.43. The van der Waals surface area contributed by atoms with Gasteiger partial charge in [0.25, 0.3) is 11.8 Å². The Bertz CT molecular complexity index is 1840. The SMILES string of the molecule is Cc1cc(Br)ccc1Nc1c(C(=O)NOC(C)C)ccc(F)c1F.Cc1cc(Br)ccc1Nc1c(C(=O)NOC2CCC2)ccc(F)c1F. The third-order valence-electron chi connectivity index (χ3n) is 7.33. The molecule has 0 spiro atoms. The second-order valence-corrected chi connectivity index (χ2v) is 13.3. The Hall–Kier alpha value is -3.98. The van der Waals surface area contributed by atoms with Gasteiger partial charge < -0.3 is 10.6 Å². The minimum Gasteiger partial charge on any atom is -0.352 e. The average molecular weight is 810 g/mol. The van der Waals surface area contributed by atoms with Crippen molar-refractivity contribution in [1.82, 2.24) is 11.0 Å². The quantitative estimate of drug-likeness (QED) is 0.0941. The number of nitrogens with one attached hydrogen (secondary N) is 4. The summed E-state index contributed by atoms with van der Waals surface area (Å²) in [5.41, 5.74) is 6.73. The second kappa shape index (κ2) is 17.1. The van der Waals surface area contributed by atoms with E-state index in [4.69, 9.17) is 9.68 Å². The predicted octanol–water partition coefficient (Wildman–Crippen LogP) is 9.84. The molecular weight excluding hydrogens is 776 g/mol. The van der Waals surface area contributed by atoms with Crippen LogP contribution in [0.5, 0.6) is 0 Å². The maximum Gasteiger partial charge on any atom is 0.277 e. The lowest BCUT2D eigenvalue weighted by atomic mass is 9.97. The summed E-state index contributed by atoms with van der Waals surface area (Å²) in [7, 11) is 0. The van der Waals surface area contributed by atoms with E-state index >= 15 is 0 Å². The first kappa shape index (κ1) is 37.8. The van der Waals surface area contributed by atoms with E-state index < -0.39 is 35.1 Å². The summed E-state index contributed by atoms with van der Waals surface area (Å²) >= 11 is 6.69. The van der Waals surface area contributed by atoms with Gasteiger partial charge in [0, 0.05) is 20.3 Å². The zero-order chi connectivity index (χ0) is 35.8. The van der Waals surface area contributed by atoms with Crippen LogP contribution >= 0.6 is 31.9 Å². The van der Waals surface area contributed by atoms with E-state index in [1.165, 1.54) is 12.1 Å². The van der Waals surface area contributed by atoms with E-state index in [0.29, 0.717) is 11.4 Å². The minimum atomic E-state index is -1.13. The highest BCUT2D eigenvalue weighted by Gasteiger charge is 2.24. The molecule has 49 heavy (non-hydrogen) atoms. The van der Waals surface area contributed by atoms with Crippen LogP contribution in [0.4, 0.5) is 40.3 Å². The van der Waals surface area contributed by atoms with E-state index in [1.807, 2.05) is 26.0 Å². The molecule has 5 rings (SSSR count). The lowest BCUT2D eigenvalue weighted by molar-refractivity contribution is -0.0507. The largest absolute Gasteiger partial charge is 0.352 e. The second-order valence-electron chi connectivity index (χ2n) is 11.4. The van der Waals surface area contributed by atoms with Crippen molar-refractivity contribution in [2.24, 2.45) is 0 Å². The number of carbonyl (C=O) groups excluding carboxylic acids is 2. The zero-order valence-electron chi connectivity index (χ0n) is 27.0. The third-order valence-corrected chi connectivity index (χ3v) is 8.32. The van der Waals surface area contributed by atoms with Crippen molar-refractivity contribution < 1.29 is 36.8 Å². The first-order valence-corrected chi connectivity index (χ1v) is 16.8. The van der Waals surface area contributed by atoms with Gasteiger partial charge >= 0.3 is 0 Å². The smallest absolute Gasteiger partial charge is 0.277 e. The molecule has 2 amide bonds. The van der Waals surface area contributed by atoms with Crippen LogP contribution in [0.1, 0.15) is 65.0 Å². The van der Waals surface area contributed by atoms with Crippen LogP contribution in [-0.2, 0) is 9.68 Å². The van der Waals surface area contributed by atoms with Gasteiger partial charge in [-0.2, -0.15) is 0 Å². The Kier molecular flexibility index (Phi) is 13.2. The summed E-state index contributed by atoms with van der Waals surface area (Å²) in [6.45, 7) is 7.10. The van der Waals surface area contributed by atoms with Gasteiger partial charge in [-0.15, -0.1) is 0 Å². The van der Waals surface area contributed by atoms with Gasteiger partial charge in [-0.25, -0.2) is 28.5 Å². The number of rotatable bonds is 10. The molecule has 14 heteroatoms. The molecule has 4 N–H and O–H groups in total. The van der Waals surface area contributed by atoms with E-state index in [2.05, 4.69) is 53.5 Å². The number of hydroxylamine groups is 2. The van der Waals surface area contributed by atoms with Crippen molar-refractivity contribution in [2.75, 3.05) is 10.6 Å². The molecule has 0 unspecified atom stereocenters. The molecule has 0 aliphatic heterocycles. The Labute approximate surface area is 298 Å². The van der Waals surface area contributed by atoms with E-state index in [0.717, 1.165) is 51.5 Å². The molecule has 0 aromatic heterocycles. The Morgan fingerprint density at radius 3 is 1.55 bits per heavy atom. The molecule has 1 aliphatic carbocycles. The van der Waals surface area contributed by atoms with Gasteiger partial charge in [0.2, 0.25) is 0 Å². The van der Waals surface area contributed by atoms with Crippen LogP contribution in [0.25, 0.3) is 0 Å².